The number of carbonyl (C=O) groups is 2. The summed E-state index contributed by atoms with van der Waals surface area (Å²) in [6.45, 7) is 2.48. The van der Waals surface area contributed by atoms with Gasteiger partial charge in [0.2, 0.25) is 0 Å². The average Bonchev–Trinajstić information content (AvgIpc) is 3.31. The van der Waals surface area contributed by atoms with Crippen molar-refractivity contribution in [2.45, 2.75) is 32.1 Å². The number of methoxy groups -OCH3 is 1. The SMILES string of the molecule is COc1cccc(C2CC(=O)Oc3ccc(C(C)=O)c(O)c32)c1OCCc1ccc2c(c1)CCO2. The van der Waals surface area contributed by atoms with Gasteiger partial charge in [-0.25, -0.2) is 0 Å². The fraction of sp³-hybridized carbons (Fsp3) is 0.286. The second kappa shape index (κ2) is 9.33. The third kappa shape index (κ3) is 4.30. The summed E-state index contributed by atoms with van der Waals surface area (Å²) in [5.74, 6) is 0.756. The molecule has 35 heavy (non-hydrogen) atoms. The predicted molar refractivity (Wildman–Crippen MR) is 128 cm³/mol. The van der Waals surface area contributed by atoms with Crippen molar-refractivity contribution < 1.29 is 33.6 Å². The highest BCUT2D eigenvalue weighted by Crippen LogP contribution is 2.49. The molecule has 0 radical (unpaired) electrons. The summed E-state index contributed by atoms with van der Waals surface area (Å²) in [4.78, 5) is 24.5. The van der Waals surface area contributed by atoms with E-state index in [0.717, 1.165) is 17.7 Å². The first kappa shape index (κ1) is 22.8. The van der Waals surface area contributed by atoms with Crippen LogP contribution in [0.2, 0.25) is 0 Å². The van der Waals surface area contributed by atoms with Crippen molar-refractivity contribution in [3.8, 4) is 28.7 Å². The van der Waals surface area contributed by atoms with E-state index in [2.05, 4.69) is 6.07 Å². The van der Waals surface area contributed by atoms with Crippen LogP contribution in [-0.4, -0.2) is 37.2 Å². The van der Waals surface area contributed by atoms with Gasteiger partial charge in [0.25, 0.3) is 0 Å². The number of ketones is 1. The highest BCUT2D eigenvalue weighted by molar-refractivity contribution is 5.98. The van der Waals surface area contributed by atoms with E-state index in [1.807, 2.05) is 24.3 Å². The van der Waals surface area contributed by atoms with Gasteiger partial charge in [0.05, 0.1) is 32.3 Å². The maximum absolute atomic E-state index is 12.4. The molecule has 2 heterocycles. The first-order chi connectivity index (χ1) is 17.0. The Hall–Kier alpha value is -4.00. The van der Waals surface area contributed by atoms with E-state index in [1.54, 1.807) is 19.2 Å². The molecule has 1 atom stereocenters. The van der Waals surface area contributed by atoms with Gasteiger partial charge < -0.3 is 24.1 Å². The van der Waals surface area contributed by atoms with Crippen LogP contribution in [0.25, 0.3) is 0 Å². The monoisotopic (exact) mass is 474 g/mol. The van der Waals surface area contributed by atoms with Crippen molar-refractivity contribution in [1.82, 2.24) is 0 Å². The summed E-state index contributed by atoms with van der Waals surface area (Å²) in [5, 5.41) is 10.9. The standard InChI is InChI=1S/C28H26O7/c1-16(29)19-7-9-23-26(27(19)31)21(15-25(30)35-23)20-4-3-5-24(32-2)28(20)34-12-10-17-6-8-22-18(14-17)11-13-33-22/h3-9,14,21,31H,10-13,15H2,1-2H3. The molecule has 5 rings (SSSR count). The van der Waals surface area contributed by atoms with Crippen LogP contribution in [0.4, 0.5) is 0 Å². The lowest BCUT2D eigenvalue weighted by atomic mass is 9.83. The number of fused-ring (bicyclic) bond motifs is 2. The molecular weight excluding hydrogens is 448 g/mol. The molecule has 0 bridgehead atoms. The maximum Gasteiger partial charge on any atom is 0.312 e. The van der Waals surface area contributed by atoms with Crippen molar-refractivity contribution >= 4 is 11.8 Å². The summed E-state index contributed by atoms with van der Waals surface area (Å²) in [6.07, 6.45) is 1.58. The molecule has 0 aromatic heterocycles. The van der Waals surface area contributed by atoms with Crippen LogP contribution in [0.1, 0.15) is 51.9 Å². The minimum atomic E-state index is -0.562. The zero-order valence-electron chi connectivity index (χ0n) is 19.6. The minimum Gasteiger partial charge on any atom is -0.507 e. The molecule has 3 aromatic carbocycles. The van der Waals surface area contributed by atoms with E-state index >= 15 is 0 Å². The lowest BCUT2D eigenvalue weighted by Gasteiger charge is -2.28. The zero-order chi connectivity index (χ0) is 24.5. The van der Waals surface area contributed by atoms with Gasteiger partial charge in [0.1, 0.15) is 17.2 Å². The number of phenolic OH excluding ortho intramolecular Hbond substituents is 1. The molecule has 2 aliphatic heterocycles. The molecule has 0 aliphatic carbocycles. The largest absolute Gasteiger partial charge is 0.507 e. The molecule has 0 saturated heterocycles. The number of hydrogen-bond donors (Lipinski definition) is 1. The van der Waals surface area contributed by atoms with Gasteiger partial charge in [0, 0.05) is 29.9 Å². The van der Waals surface area contributed by atoms with Gasteiger partial charge >= 0.3 is 5.97 Å². The number of phenols is 1. The Morgan fingerprint density at radius 1 is 1.14 bits per heavy atom. The fourth-order valence-electron chi connectivity index (χ4n) is 4.79. The Balaban J connectivity index is 1.48. The van der Waals surface area contributed by atoms with E-state index in [-0.39, 0.29) is 29.3 Å². The molecule has 0 amide bonds. The number of aromatic hydroxyl groups is 1. The Morgan fingerprint density at radius 3 is 2.77 bits per heavy atom. The number of carbonyl (C=O) groups excluding carboxylic acids is 2. The Kier molecular flexibility index (Phi) is 6.07. The summed E-state index contributed by atoms with van der Waals surface area (Å²) >= 11 is 0. The molecule has 7 nitrogen and oxygen atoms in total. The van der Waals surface area contributed by atoms with Crippen molar-refractivity contribution in [2.24, 2.45) is 0 Å². The molecule has 0 spiro atoms. The van der Waals surface area contributed by atoms with Crippen LogP contribution in [0.3, 0.4) is 0 Å². The lowest BCUT2D eigenvalue weighted by molar-refractivity contribution is -0.135. The number of rotatable bonds is 7. The van der Waals surface area contributed by atoms with Crippen LogP contribution < -0.4 is 18.9 Å². The van der Waals surface area contributed by atoms with Gasteiger partial charge in [0.15, 0.2) is 17.3 Å². The van der Waals surface area contributed by atoms with Crippen LogP contribution >= 0.6 is 0 Å². The van der Waals surface area contributed by atoms with Crippen molar-refractivity contribution in [3.05, 3.63) is 76.3 Å². The molecular formula is C28H26O7. The number of hydrogen-bond acceptors (Lipinski definition) is 7. The second-order valence-electron chi connectivity index (χ2n) is 8.68. The molecule has 180 valence electrons. The van der Waals surface area contributed by atoms with E-state index in [1.165, 1.54) is 18.6 Å². The van der Waals surface area contributed by atoms with Crippen LogP contribution in [-0.2, 0) is 17.6 Å². The van der Waals surface area contributed by atoms with Crippen LogP contribution in [0, 0.1) is 0 Å². The first-order valence-corrected chi connectivity index (χ1v) is 11.6. The third-order valence-corrected chi connectivity index (χ3v) is 6.50. The van der Waals surface area contributed by atoms with Crippen molar-refractivity contribution in [3.63, 3.8) is 0 Å². The number of esters is 1. The smallest absolute Gasteiger partial charge is 0.312 e. The highest BCUT2D eigenvalue weighted by Gasteiger charge is 2.35. The first-order valence-electron chi connectivity index (χ1n) is 11.6. The molecule has 3 aromatic rings. The van der Waals surface area contributed by atoms with Gasteiger partial charge in [-0.15, -0.1) is 0 Å². The summed E-state index contributed by atoms with van der Waals surface area (Å²) in [7, 11) is 1.56. The fourth-order valence-corrected chi connectivity index (χ4v) is 4.79. The van der Waals surface area contributed by atoms with Gasteiger partial charge in [-0.1, -0.05) is 24.3 Å². The molecule has 0 fully saturated rings. The predicted octanol–water partition coefficient (Wildman–Crippen LogP) is 4.60. The minimum absolute atomic E-state index is 0.00370. The molecule has 1 N–H and O–H groups in total. The third-order valence-electron chi connectivity index (χ3n) is 6.50. The van der Waals surface area contributed by atoms with Crippen molar-refractivity contribution in [2.75, 3.05) is 20.3 Å². The Morgan fingerprint density at radius 2 is 1.97 bits per heavy atom. The van der Waals surface area contributed by atoms with E-state index < -0.39 is 11.9 Å². The number of Topliss-reactive ketones (excluding diaryl/α,β-unsaturated/α-hetero) is 1. The van der Waals surface area contributed by atoms with Crippen LogP contribution in [0.5, 0.6) is 28.7 Å². The van der Waals surface area contributed by atoms with E-state index in [4.69, 9.17) is 18.9 Å². The zero-order valence-corrected chi connectivity index (χ0v) is 19.6. The number of benzene rings is 3. The van der Waals surface area contributed by atoms with Crippen molar-refractivity contribution in [1.29, 1.82) is 0 Å². The number of ether oxygens (including phenoxy) is 4. The Bertz CT molecular complexity index is 1310. The molecule has 2 aliphatic rings. The average molecular weight is 475 g/mol. The summed E-state index contributed by atoms with van der Waals surface area (Å²) in [6, 6.07) is 14.6. The molecule has 7 heteroatoms. The summed E-state index contributed by atoms with van der Waals surface area (Å²) in [5.41, 5.74) is 3.60. The topological polar surface area (TPSA) is 91.3 Å². The highest BCUT2D eigenvalue weighted by atomic mass is 16.5. The van der Waals surface area contributed by atoms with Gasteiger partial charge in [-0.2, -0.15) is 0 Å². The van der Waals surface area contributed by atoms with Gasteiger partial charge in [-0.3, -0.25) is 9.59 Å². The maximum atomic E-state index is 12.4. The second-order valence-corrected chi connectivity index (χ2v) is 8.68. The van der Waals surface area contributed by atoms with E-state index in [0.29, 0.717) is 42.3 Å². The van der Waals surface area contributed by atoms with Gasteiger partial charge in [-0.05, 0) is 42.3 Å². The molecule has 1 unspecified atom stereocenters. The number of para-hydroxylation sites is 1. The normalized spacial score (nSPS) is 16.1. The summed E-state index contributed by atoms with van der Waals surface area (Å²) < 4.78 is 22.8. The van der Waals surface area contributed by atoms with E-state index in [9.17, 15) is 14.7 Å². The quantitative estimate of drug-likeness (QED) is 0.304. The van der Waals surface area contributed by atoms with Crippen LogP contribution in [0.15, 0.2) is 48.5 Å². The molecule has 0 saturated carbocycles. The lowest BCUT2D eigenvalue weighted by Crippen LogP contribution is -2.22. The Labute approximate surface area is 203 Å².